The lowest BCUT2D eigenvalue weighted by Crippen LogP contribution is -2.50. The molecule has 1 saturated carbocycles. The summed E-state index contributed by atoms with van der Waals surface area (Å²) in [5.41, 5.74) is 6.85. The molecule has 1 aromatic carbocycles. The Morgan fingerprint density at radius 1 is 1.23 bits per heavy atom. The Balaban J connectivity index is 1.74. The number of primary amides is 1. The molecule has 2 aliphatic rings. The summed E-state index contributed by atoms with van der Waals surface area (Å²) in [6, 6.07) is 6.92. The average molecular weight is 390 g/mol. The Bertz CT molecular complexity index is 862. The third-order valence-electron chi connectivity index (χ3n) is 4.95. The number of rotatable bonds is 4. The molecule has 7 heteroatoms. The van der Waals surface area contributed by atoms with Gasteiger partial charge in [0, 0.05) is 17.5 Å². The molecule has 1 aliphatic heterocycles. The molecule has 5 nitrogen and oxygen atoms in total. The lowest BCUT2D eigenvalue weighted by Gasteiger charge is -2.33. The van der Waals surface area contributed by atoms with Gasteiger partial charge < -0.3 is 10.6 Å². The number of carbonyl (C=O) groups is 2. The first-order valence-corrected chi connectivity index (χ1v) is 10.1. The molecule has 1 saturated heterocycles. The van der Waals surface area contributed by atoms with Crippen molar-refractivity contribution in [3.8, 4) is 10.4 Å². The van der Waals surface area contributed by atoms with E-state index in [0.717, 1.165) is 41.1 Å². The number of aromatic nitrogens is 1. The minimum atomic E-state index is -0.547. The van der Waals surface area contributed by atoms with Crippen molar-refractivity contribution in [3.05, 3.63) is 40.0 Å². The van der Waals surface area contributed by atoms with Crippen LogP contribution in [-0.4, -0.2) is 34.3 Å². The van der Waals surface area contributed by atoms with E-state index in [4.69, 9.17) is 17.3 Å². The second-order valence-electron chi connectivity index (χ2n) is 6.93. The zero-order valence-electron chi connectivity index (χ0n) is 14.3. The predicted molar refractivity (Wildman–Crippen MR) is 102 cm³/mol. The summed E-state index contributed by atoms with van der Waals surface area (Å²) in [6.45, 7) is 0.539. The number of carbonyl (C=O) groups excluding carboxylic acids is 2. The smallest absolute Gasteiger partial charge is 0.274 e. The second-order valence-corrected chi connectivity index (χ2v) is 8.39. The summed E-state index contributed by atoms with van der Waals surface area (Å²) in [4.78, 5) is 32.2. The maximum Gasteiger partial charge on any atom is 0.274 e. The number of amides is 2. The van der Waals surface area contributed by atoms with Gasteiger partial charge in [0.1, 0.15) is 11.7 Å². The van der Waals surface area contributed by atoms with Crippen LogP contribution < -0.4 is 5.73 Å². The van der Waals surface area contributed by atoms with Gasteiger partial charge in [0.25, 0.3) is 5.91 Å². The number of piperidine rings is 1. The minimum absolute atomic E-state index is 0.202. The Morgan fingerprint density at radius 3 is 2.73 bits per heavy atom. The first kappa shape index (κ1) is 17.5. The molecule has 1 aliphatic carbocycles. The molecule has 1 aromatic heterocycles. The molecule has 2 N–H and O–H groups in total. The van der Waals surface area contributed by atoms with Gasteiger partial charge in [-0.15, -0.1) is 11.3 Å². The van der Waals surface area contributed by atoms with Crippen molar-refractivity contribution in [2.45, 2.75) is 44.1 Å². The molecule has 136 valence electrons. The topological polar surface area (TPSA) is 76.3 Å². The number of thiazole rings is 1. The SMILES string of the molecule is NC(=O)C1CCCCN1C(=O)c1nc(C2CC2)sc1-c1cccc(Cl)c1. The van der Waals surface area contributed by atoms with Gasteiger partial charge in [0.05, 0.1) is 9.88 Å². The van der Waals surface area contributed by atoms with E-state index in [1.165, 1.54) is 0 Å². The Labute approximate surface area is 161 Å². The number of nitrogens with zero attached hydrogens (tertiary/aromatic N) is 2. The summed E-state index contributed by atoms with van der Waals surface area (Å²) >= 11 is 7.71. The van der Waals surface area contributed by atoms with Gasteiger partial charge in [-0.25, -0.2) is 4.98 Å². The van der Waals surface area contributed by atoms with Crippen LogP contribution in [0.2, 0.25) is 5.02 Å². The molecule has 26 heavy (non-hydrogen) atoms. The molecule has 2 aromatic rings. The molecule has 2 heterocycles. The van der Waals surface area contributed by atoms with Crippen molar-refractivity contribution >= 4 is 34.8 Å². The molecular weight excluding hydrogens is 370 g/mol. The number of likely N-dealkylation sites (tertiary alicyclic amines) is 1. The van der Waals surface area contributed by atoms with Crippen LogP contribution in [0.25, 0.3) is 10.4 Å². The van der Waals surface area contributed by atoms with Gasteiger partial charge in [0.15, 0.2) is 0 Å². The van der Waals surface area contributed by atoms with Crippen molar-refractivity contribution in [3.63, 3.8) is 0 Å². The molecule has 4 rings (SSSR count). The highest BCUT2D eigenvalue weighted by Gasteiger charge is 2.36. The quantitative estimate of drug-likeness (QED) is 0.863. The predicted octanol–water partition coefficient (Wildman–Crippen LogP) is 3.82. The van der Waals surface area contributed by atoms with E-state index in [2.05, 4.69) is 4.98 Å². The lowest BCUT2D eigenvalue weighted by molar-refractivity contribution is -0.123. The summed E-state index contributed by atoms with van der Waals surface area (Å²) in [5, 5.41) is 1.62. The van der Waals surface area contributed by atoms with Gasteiger partial charge in [-0.05, 0) is 49.8 Å². The molecule has 2 amide bonds. The number of halogens is 1. The summed E-state index contributed by atoms with van der Waals surface area (Å²) in [6.07, 6.45) is 4.63. The maximum atomic E-state index is 13.3. The normalized spacial score (nSPS) is 20.2. The molecule has 0 radical (unpaired) electrons. The van der Waals surface area contributed by atoms with E-state index in [9.17, 15) is 9.59 Å². The summed E-state index contributed by atoms with van der Waals surface area (Å²) < 4.78 is 0. The van der Waals surface area contributed by atoms with Crippen molar-refractivity contribution in [2.75, 3.05) is 6.54 Å². The van der Waals surface area contributed by atoms with Crippen molar-refractivity contribution < 1.29 is 9.59 Å². The number of hydrogen-bond acceptors (Lipinski definition) is 4. The maximum absolute atomic E-state index is 13.3. The highest BCUT2D eigenvalue weighted by atomic mass is 35.5. The number of hydrogen-bond donors (Lipinski definition) is 1. The Kier molecular flexibility index (Phi) is 4.71. The van der Waals surface area contributed by atoms with Crippen LogP contribution in [0, 0.1) is 0 Å². The summed E-state index contributed by atoms with van der Waals surface area (Å²) in [5.74, 6) is -0.195. The first-order chi connectivity index (χ1) is 12.5. The third kappa shape index (κ3) is 3.35. The van der Waals surface area contributed by atoms with Crippen molar-refractivity contribution in [1.82, 2.24) is 9.88 Å². The van der Waals surface area contributed by atoms with E-state index in [0.29, 0.717) is 29.6 Å². The van der Waals surface area contributed by atoms with Crippen LogP contribution in [0.5, 0.6) is 0 Å². The largest absolute Gasteiger partial charge is 0.368 e. The van der Waals surface area contributed by atoms with Crippen LogP contribution in [0.15, 0.2) is 24.3 Å². The van der Waals surface area contributed by atoms with E-state index in [1.807, 2.05) is 24.3 Å². The standard InChI is InChI=1S/C19H20ClN3O2S/c20-13-5-3-4-12(10-13)16-15(22-18(26-16)11-7-8-11)19(25)23-9-2-1-6-14(23)17(21)24/h3-5,10-11,14H,1-2,6-9H2,(H2,21,24). The monoisotopic (exact) mass is 389 g/mol. The van der Waals surface area contributed by atoms with Crippen LogP contribution in [0.1, 0.15) is 53.5 Å². The fourth-order valence-electron chi connectivity index (χ4n) is 3.42. The summed E-state index contributed by atoms with van der Waals surface area (Å²) in [7, 11) is 0. The lowest BCUT2D eigenvalue weighted by atomic mass is 10.0. The average Bonchev–Trinajstić information content (AvgIpc) is 3.39. The molecule has 0 bridgehead atoms. The zero-order chi connectivity index (χ0) is 18.3. The molecule has 1 unspecified atom stereocenters. The third-order valence-corrected chi connectivity index (χ3v) is 6.45. The zero-order valence-corrected chi connectivity index (χ0v) is 15.9. The fraction of sp³-hybridized carbons (Fsp3) is 0.421. The van der Waals surface area contributed by atoms with Crippen LogP contribution in [0.4, 0.5) is 0 Å². The van der Waals surface area contributed by atoms with Gasteiger partial charge in [-0.3, -0.25) is 9.59 Å². The van der Waals surface area contributed by atoms with Gasteiger partial charge >= 0.3 is 0 Å². The molecular formula is C19H20ClN3O2S. The van der Waals surface area contributed by atoms with Crippen molar-refractivity contribution in [2.24, 2.45) is 5.73 Å². The highest BCUT2D eigenvalue weighted by Crippen LogP contribution is 2.45. The Hall–Kier alpha value is -1.92. The first-order valence-electron chi connectivity index (χ1n) is 8.91. The van der Waals surface area contributed by atoms with E-state index >= 15 is 0 Å². The van der Waals surface area contributed by atoms with Crippen LogP contribution >= 0.6 is 22.9 Å². The van der Waals surface area contributed by atoms with E-state index < -0.39 is 11.9 Å². The van der Waals surface area contributed by atoms with Gasteiger partial charge in [-0.1, -0.05) is 23.7 Å². The molecule has 1 atom stereocenters. The second kappa shape index (κ2) is 7.00. The van der Waals surface area contributed by atoms with Crippen LogP contribution in [0.3, 0.4) is 0 Å². The van der Waals surface area contributed by atoms with Crippen molar-refractivity contribution in [1.29, 1.82) is 0 Å². The molecule has 0 spiro atoms. The number of benzene rings is 1. The van der Waals surface area contributed by atoms with E-state index in [1.54, 1.807) is 16.2 Å². The number of nitrogens with two attached hydrogens (primary N) is 1. The molecule has 2 fully saturated rings. The highest BCUT2D eigenvalue weighted by molar-refractivity contribution is 7.15. The van der Waals surface area contributed by atoms with E-state index in [-0.39, 0.29) is 5.91 Å². The van der Waals surface area contributed by atoms with Gasteiger partial charge in [0.2, 0.25) is 5.91 Å². The Morgan fingerprint density at radius 2 is 2.04 bits per heavy atom. The minimum Gasteiger partial charge on any atom is -0.368 e. The van der Waals surface area contributed by atoms with Crippen LogP contribution in [-0.2, 0) is 4.79 Å². The van der Waals surface area contributed by atoms with Gasteiger partial charge in [-0.2, -0.15) is 0 Å². The fourth-order valence-corrected chi connectivity index (χ4v) is 4.83.